The van der Waals surface area contributed by atoms with Crippen molar-refractivity contribution in [3.8, 4) is 5.75 Å². The molecule has 128 valence electrons. The van der Waals surface area contributed by atoms with Gasteiger partial charge < -0.3 is 15.1 Å². The zero-order chi connectivity index (χ0) is 17.1. The predicted octanol–water partition coefficient (Wildman–Crippen LogP) is 2.25. The number of piperidine rings is 1. The SMILES string of the molecule is O=C(c1cc(Cl)ccc1O)N1CCC(c2ccnn2CCO)CC1. The normalized spacial score (nSPS) is 15.7. The molecule has 0 unspecified atom stereocenters. The standard InChI is InChI=1S/C17H20ClN3O3/c18-13-1-2-16(23)14(11-13)17(24)20-7-4-12(5-8-20)15-3-6-19-21(15)9-10-22/h1-3,6,11-12,22-23H,4-5,7-10H2. The summed E-state index contributed by atoms with van der Waals surface area (Å²) in [4.78, 5) is 14.3. The van der Waals surface area contributed by atoms with Gasteiger partial charge in [-0.3, -0.25) is 9.48 Å². The van der Waals surface area contributed by atoms with Crippen molar-refractivity contribution in [2.75, 3.05) is 19.7 Å². The molecule has 0 aliphatic carbocycles. The smallest absolute Gasteiger partial charge is 0.257 e. The minimum absolute atomic E-state index is 0.0486. The van der Waals surface area contributed by atoms with Crippen molar-refractivity contribution < 1.29 is 15.0 Å². The zero-order valence-electron chi connectivity index (χ0n) is 13.2. The van der Waals surface area contributed by atoms with E-state index in [0.29, 0.717) is 30.6 Å². The molecule has 1 aliphatic rings. The van der Waals surface area contributed by atoms with Crippen molar-refractivity contribution in [1.29, 1.82) is 0 Å². The van der Waals surface area contributed by atoms with E-state index in [9.17, 15) is 9.90 Å². The number of likely N-dealkylation sites (tertiary alicyclic amines) is 1. The van der Waals surface area contributed by atoms with Crippen molar-refractivity contribution >= 4 is 17.5 Å². The van der Waals surface area contributed by atoms with Gasteiger partial charge in [-0.2, -0.15) is 5.10 Å². The number of aromatic nitrogens is 2. The molecule has 0 radical (unpaired) electrons. The van der Waals surface area contributed by atoms with E-state index in [1.165, 1.54) is 12.1 Å². The summed E-state index contributed by atoms with van der Waals surface area (Å²) in [5.41, 5.74) is 1.34. The Morgan fingerprint density at radius 1 is 1.29 bits per heavy atom. The molecule has 0 bridgehead atoms. The Balaban J connectivity index is 1.67. The van der Waals surface area contributed by atoms with Gasteiger partial charge in [-0.25, -0.2) is 0 Å². The minimum atomic E-state index is -0.197. The van der Waals surface area contributed by atoms with Crippen molar-refractivity contribution in [2.45, 2.75) is 25.3 Å². The highest BCUT2D eigenvalue weighted by Gasteiger charge is 2.27. The summed E-state index contributed by atoms with van der Waals surface area (Å²) in [5, 5.41) is 23.7. The largest absolute Gasteiger partial charge is 0.507 e. The second-order valence-electron chi connectivity index (χ2n) is 5.93. The molecule has 3 rings (SSSR count). The van der Waals surface area contributed by atoms with Gasteiger partial charge in [0.25, 0.3) is 5.91 Å². The topological polar surface area (TPSA) is 78.6 Å². The van der Waals surface area contributed by atoms with E-state index in [2.05, 4.69) is 5.10 Å². The number of carbonyl (C=O) groups excluding carboxylic acids is 1. The van der Waals surface area contributed by atoms with Crippen LogP contribution in [0.5, 0.6) is 5.75 Å². The van der Waals surface area contributed by atoms with Crippen molar-refractivity contribution in [2.24, 2.45) is 0 Å². The molecule has 0 saturated carbocycles. The monoisotopic (exact) mass is 349 g/mol. The third-order valence-corrected chi connectivity index (χ3v) is 4.69. The van der Waals surface area contributed by atoms with Crippen LogP contribution in [0.3, 0.4) is 0 Å². The molecule has 1 fully saturated rings. The van der Waals surface area contributed by atoms with Crippen LogP contribution in [0.1, 0.15) is 34.8 Å². The Morgan fingerprint density at radius 2 is 2.04 bits per heavy atom. The van der Waals surface area contributed by atoms with Crippen LogP contribution in [-0.2, 0) is 6.54 Å². The predicted molar refractivity (Wildman–Crippen MR) is 90.3 cm³/mol. The van der Waals surface area contributed by atoms with Crippen LogP contribution in [-0.4, -0.2) is 50.5 Å². The molecule has 1 aliphatic heterocycles. The van der Waals surface area contributed by atoms with Crippen molar-refractivity contribution in [3.05, 3.63) is 46.7 Å². The number of phenolic OH excluding ortho intramolecular Hbond substituents is 1. The summed E-state index contributed by atoms with van der Waals surface area (Å²) < 4.78 is 1.82. The lowest BCUT2D eigenvalue weighted by atomic mass is 9.93. The summed E-state index contributed by atoms with van der Waals surface area (Å²) in [6.45, 7) is 1.76. The molecule has 1 aromatic carbocycles. The third-order valence-electron chi connectivity index (χ3n) is 4.45. The number of rotatable bonds is 4. The number of benzene rings is 1. The molecule has 2 heterocycles. The molecule has 1 amide bonds. The van der Waals surface area contributed by atoms with Crippen LogP contribution in [0.15, 0.2) is 30.5 Å². The van der Waals surface area contributed by atoms with Gasteiger partial charge in [0.2, 0.25) is 0 Å². The molecule has 2 aromatic rings. The van der Waals surface area contributed by atoms with Crippen LogP contribution in [0.2, 0.25) is 5.02 Å². The quantitative estimate of drug-likeness (QED) is 0.887. The van der Waals surface area contributed by atoms with Crippen LogP contribution in [0, 0.1) is 0 Å². The van der Waals surface area contributed by atoms with E-state index in [-0.39, 0.29) is 23.8 Å². The number of hydrogen-bond acceptors (Lipinski definition) is 4. The molecular weight excluding hydrogens is 330 g/mol. The zero-order valence-corrected chi connectivity index (χ0v) is 14.0. The van der Waals surface area contributed by atoms with Gasteiger partial charge in [0, 0.05) is 35.9 Å². The van der Waals surface area contributed by atoms with Gasteiger partial charge in [-0.15, -0.1) is 0 Å². The summed E-state index contributed by atoms with van der Waals surface area (Å²) in [6.07, 6.45) is 3.39. The Kier molecular flexibility index (Phi) is 5.06. The lowest BCUT2D eigenvalue weighted by Crippen LogP contribution is -2.38. The Morgan fingerprint density at radius 3 is 2.75 bits per heavy atom. The average Bonchev–Trinajstić information content (AvgIpc) is 3.05. The fourth-order valence-corrected chi connectivity index (χ4v) is 3.37. The van der Waals surface area contributed by atoms with Gasteiger partial charge in [0.15, 0.2) is 0 Å². The number of carbonyl (C=O) groups is 1. The first-order valence-electron chi connectivity index (χ1n) is 8.00. The number of phenols is 1. The van der Waals surface area contributed by atoms with E-state index in [4.69, 9.17) is 16.7 Å². The van der Waals surface area contributed by atoms with E-state index < -0.39 is 0 Å². The average molecular weight is 350 g/mol. The fraction of sp³-hybridized carbons (Fsp3) is 0.412. The molecule has 6 nitrogen and oxygen atoms in total. The molecular formula is C17H20ClN3O3. The highest BCUT2D eigenvalue weighted by Crippen LogP contribution is 2.30. The Bertz CT molecular complexity index is 724. The molecule has 2 N–H and O–H groups in total. The van der Waals surface area contributed by atoms with Gasteiger partial charge in [0.05, 0.1) is 18.7 Å². The fourth-order valence-electron chi connectivity index (χ4n) is 3.20. The molecule has 1 saturated heterocycles. The maximum atomic E-state index is 12.6. The van der Waals surface area contributed by atoms with E-state index >= 15 is 0 Å². The molecule has 0 atom stereocenters. The summed E-state index contributed by atoms with van der Waals surface area (Å²) in [7, 11) is 0. The number of aliphatic hydroxyl groups is 1. The van der Waals surface area contributed by atoms with Gasteiger partial charge in [-0.05, 0) is 37.1 Å². The first kappa shape index (κ1) is 16.8. The number of aliphatic hydroxyl groups excluding tert-OH is 1. The summed E-state index contributed by atoms with van der Waals surface area (Å²) >= 11 is 5.93. The highest BCUT2D eigenvalue weighted by atomic mass is 35.5. The summed E-state index contributed by atoms with van der Waals surface area (Å²) in [5.74, 6) is 0.0703. The van der Waals surface area contributed by atoms with Crippen molar-refractivity contribution in [1.82, 2.24) is 14.7 Å². The second kappa shape index (κ2) is 7.23. The van der Waals surface area contributed by atoms with Crippen LogP contribution >= 0.6 is 11.6 Å². The third kappa shape index (κ3) is 3.39. The number of halogens is 1. The lowest BCUT2D eigenvalue weighted by Gasteiger charge is -2.32. The first-order chi connectivity index (χ1) is 11.6. The first-order valence-corrected chi connectivity index (χ1v) is 8.38. The molecule has 1 aromatic heterocycles. The Labute approximate surface area is 145 Å². The lowest BCUT2D eigenvalue weighted by molar-refractivity contribution is 0.0708. The molecule has 24 heavy (non-hydrogen) atoms. The second-order valence-corrected chi connectivity index (χ2v) is 6.37. The van der Waals surface area contributed by atoms with E-state index in [1.807, 2.05) is 10.7 Å². The molecule has 0 spiro atoms. The Hall–Kier alpha value is -2.05. The number of hydrogen-bond donors (Lipinski definition) is 2. The van der Waals surface area contributed by atoms with Gasteiger partial charge >= 0.3 is 0 Å². The number of nitrogens with zero attached hydrogens (tertiary/aromatic N) is 3. The number of aromatic hydroxyl groups is 1. The van der Waals surface area contributed by atoms with Crippen LogP contribution in [0.25, 0.3) is 0 Å². The number of amides is 1. The van der Waals surface area contributed by atoms with E-state index in [1.54, 1.807) is 17.2 Å². The summed E-state index contributed by atoms with van der Waals surface area (Å²) in [6, 6.07) is 6.47. The van der Waals surface area contributed by atoms with Gasteiger partial charge in [0.1, 0.15) is 5.75 Å². The van der Waals surface area contributed by atoms with Crippen LogP contribution in [0.4, 0.5) is 0 Å². The maximum absolute atomic E-state index is 12.6. The van der Waals surface area contributed by atoms with Crippen molar-refractivity contribution in [3.63, 3.8) is 0 Å². The maximum Gasteiger partial charge on any atom is 0.257 e. The van der Waals surface area contributed by atoms with Crippen LogP contribution < -0.4 is 0 Å². The van der Waals surface area contributed by atoms with Gasteiger partial charge in [-0.1, -0.05) is 11.6 Å². The molecule has 7 heteroatoms. The van der Waals surface area contributed by atoms with E-state index in [0.717, 1.165) is 18.5 Å². The minimum Gasteiger partial charge on any atom is -0.507 e. The highest BCUT2D eigenvalue weighted by molar-refractivity contribution is 6.31.